The molecule has 9 heavy (non-hydrogen) atoms. The third-order valence-electron chi connectivity index (χ3n) is 0.972. The molecule has 0 fully saturated rings. The van der Waals surface area contributed by atoms with Crippen molar-refractivity contribution in [2.45, 2.75) is 26.4 Å². The van der Waals surface area contributed by atoms with Crippen molar-refractivity contribution < 1.29 is 13.2 Å². The van der Waals surface area contributed by atoms with Crippen molar-refractivity contribution in [3.63, 3.8) is 0 Å². The van der Waals surface area contributed by atoms with Gasteiger partial charge in [-0.1, -0.05) is 11.6 Å². The van der Waals surface area contributed by atoms with Crippen LogP contribution in [0.4, 0.5) is 13.2 Å². The standard InChI is InChI=1S/C6H9F3/c1-3-5(2)4-6(7,8)9/h3H,4H2,1-2H3. The maximum atomic E-state index is 11.5. The Labute approximate surface area is 52.4 Å². The van der Waals surface area contributed by atoms with Crippen molar-refractivity contribution in [3.05, 3.63) is 11.6 Å². The minimum atomic E-state index is -4.05. The fraction of sp³-hybridized carbons (Fsp3) is 0.667. The Morgan fingerprint density at radius 2 is 1.89 bits per heavy atom. The summed E-state index contributed by atoms with van der Waals surface area (Å²) in [7, 11) is 0. The molecule has 0 saturated heterocycles. The maximum Gasteiger partial charge on any atom is 0.392 e. The van der Waals surface area contributed by atoms with Gasteiger partial charge in [0.15, 0.2) is 0 Å². The van der Waals surface area contributed by atoms with Gasteiger partial charge in [-0.15, -0.1) is 0 Å². The van der Waals surface area contributed by atoms with Crippen LogP contribution in [0.5, 0.6) is 0 Å². The van der Waals surface area contributed by atoms with E-state index < -0.39 is 12.6 Å². The summed E-state index contributed by atoms with van der Waals surface area (Å²) in [6.45, 7) is 3.06. The van der Waals surface area contributed by atoms with Crippen LogP contribution in [0, 0.1) is 0 Å². The van der Waals surface area contributed by atoms with Gasteiger partial charge in [-0.3, -0.25) is 0 Å². The lowest BCUT2D eigenvalue weighted by Gasteiger charge is -2.04. The summed E-state index contributed by atoms with van der Waals surface area (Å²) in [6, 6.07) is 0. The lowest BCUT2D eigenvalue weighted by molar-refractivity contribution is -0.127. The van der Waals surface area contributed by atoms with E-state index in [0.29, 0.717) is 5.57 Å². The van der Waals surface area contributed by atoms with Crippen LogP contribution in [-0.4, -0.2) is 6.18 Å². The number of allylic oxidation sites excluding steroid dienone is 2. The molecule has 0 aromatic heterocycles. The van der Waals surface area contributed by atoms with E-state index in [4.69, 9.17) is 0 Å². The largest absolute Gasteiger partial charge is 0.392 e. The molecule has 0 heterocycles. The van der Waals surface area contributed by atoms with E-state index in [2.05, 4.69) is 0 Å². The molecule has 3 heteroatoms. The van der Waals surface area contributed by atoms with Crippen molar-refractivity contribution in [1.29, 1.82) is 0 Å². The first-order chi connectivity index (χ1) is 3.95. The summed E-state index contributed by atoms with van der Waals surface area (Å²) in [6.07, 6.45) is -3.37. The van der Waals surface area contributed by atoms with Crippen LogP contribution < -0.4 is 0 Å². The highest BCUT2D eigenvalue weighted by atomic mass is 19.4. The molecule has 0 rings (SSSR count). The van der Waals surface area contributed by atoms with Gasteiger partial charge in [0.05, 0.1) is 6.42 Å². The van der Waals surface area contributed by atoms with E-state index in [9.17, 15) is 13.2 Å². The van der Waals surface area contributed by atoms with Gasteiger partial charge in [-0.2, -0.15) is 13.2 Å². The molecule has 0 spiro atoms. The molecule has 0 N–H and O–H groups in total. The summed E-state index contributed by atoms with van der Waals surface area (Å²) in [5, 5.41) is 0. The highest BCUT2D eigenvalue weighted by molar-refractivity contribution is 4.97. The summed E-state index contributed by atoms with van der Waals surface area (Å²) < 4.78 is 34.4. The molecule has 0 radical (unpaired) electrons. The Bertz CT molecular complexity index is 110. The molecule has 54 valence electrons. The summed E-state index contributed by atoms with van der Waals surface area (Å²) in [5.74, 6) is 0. The molecule has 0 amide bonds. The van der Waals surface area contributed by atoms with Gasteiger partial charge in [-0.05, 0) is 13.8 Å². The second-order valence-electron chi connectivity index (χ2n) is 1.93. The number of rotatable bonds is 1. The van der Waals surface area contributed by atoms with Gasteiger partial charge < -0.3 is 0 Å². The molecule has 0 aromatic rings. The van der Waals surface area contributed by atoms with Crippen LogP contribution in [-0.2, 0) is 0 Å². The Morgan fingerprint density at radius 1 is 1.44 bits per heavy atom. The van der Waals surface area contributed by atoms with Crippen molar-refractivity contribution in [2.75, 3.05) is 0 Å². The second-order valence-corrected chi connectivity index (χ2v) is 1.93. The van der Waals surface area contributed by atoms with E-state index in [0.717, 1.165) is 0 Å². The third kappa shape index (κ3) is 5.40. The average Bonchev–Trinajstić information content (AvgIpc) is 1.62. The third-order valence-corrected chi connectivity index (χ3v) is 0.972. The lowest BCUT2D eigenvalue weighted by Crippen LogP contribution is -2.06. The van der Waals surface area contributed by atoms with Crippen molar-refractivity contribution in [3.8, 4) is 0 Å². The predicted octanol–water partition coefficient (Wildman–Crippen LogP) is 2.91. The molecule has 0 aromatic carbocycles. The first-order valence-electron chi connectivity index (χ1n) is 2.64. The molecule has 0 unspecified atom stereocenters. The van der Waals surface area contributed by atoms with E-state index in [1.807, 2.05) is 0 Å². The van der Waals surface area contributed by atoms with Crippen LogP contribution in [0.1, 0.15) is 20.3 Å². The summed E-state index contributed by atoms with van der Waals surface area (Å²) in [4.78, 5) is 0. The monoisotopic (exact) mass is 138 g/mol. The zero-order chi connectivity index (χ0) is 7.49. The highest BCUT2D eigenvalue weighted by Crippen LogP contribution is 2.23. The van der Waals surface area contributed by atoms with Crippen molar-refractivity contribution >= 4 is 0 Å². The van der Waals surface area contributed by atoms with Gasteiger partial charge in [0.1, 0.15) is 0 Å². The van der Waals surface area contributed by atoms with Gasteiger partial charge in [0.2, 0.25) is 0 Å². The first-order valence-corrected chi connectivity index (χ1v) is 2.64. The maximum absolute atomic E-state index is 11.5. The van der Waals surface area contributed by atoms with Gasteiger partial charge in [0.25, 0.3) is 0 Å². The van der Waals surface area contributed by atoms with E-state index in [1.54, 1.807) is 6.92 Å². The smallest absolute Gasteiger partial charge is 0.171 e. The molecule has 0 aliphatic rings. The average molecular weight is 138 g/mol. The predicted molar refractivity (Wildman–Crippen MR) is 30.1 cm³/mol. The van der Waals surface area contributed by atoms with E-state index >= 15 is 0 Å². The molecule has 0 saturated carbocycles. The minimum Gasteiger partial charge on any atom is -0.171 e. The number of halogens is 3. The fourth-order valence-corrected chi connectivity index (χ4v) is 0.418. The molecule has 0 aliphatic carbocycles. The second kappa shape index (κ2) is 2.90. The Hall–Kier alpha value is -0.470. The van der Waals surface area contributed by atoms with Crippen LogP contribution in [0.25, 0.3) is 0 Å². The normalized spacial score (nSPS) is 14.1. The zero-order valence-electron chi connectivity index (χ0n) is 5.42. The zero-order valence-corrected chi connectivity index (χ0v) is 5.42. The molecule has 0 atom stereocenters. The van der Waals surface area contributed by atoms with Crippen LogP contribution in [0.2, 0.25) is 0 Å². The topological polar surface area (TPSA) is 0 Å². The highest BCUT2D eigenvalue weighted by Gasteiger charge is 2.26. The van der Waals surface area contributed by atoms with Gasteiger partial charge in [0, 0.05) is 0 Å². The Balaban J connectivity index is 3.75. The molecule has 0 aliphatic heterocycles. The lowest BCUT2D eigenvalue weighted by atomic mass is 10.2. The number of hydrogen-bond acceptors (Lipinski definition) is 0. The summed E-state index contributed by atoms with van der Waals surface area (Å²) in [5.41, 5.74) is 0.363. The van der Waals surface area contributed by atoms with Crippen LogP contribution in [0.15, 0.2) is 11.6 Å². The van der Waals surface area contributed by atoms with Crippen molar-refractivity contribution in [1.82, 2.24) is 0 Å². The quantitative estimate of drug-likeness (QED) is 0.489. The molecule has 0 bridgehead atoms. The number of hydrogen-bond donors (Lipinski definition) is 0. The Morgan fingerprint density at radius 3 is 2.00 bits per heavy atom. The molecular weight excluding hydrogens is 129 g/mol. The van der Waals surface area contributed by atoms with Gasteiger partial charge >= 0.3 is 6.18 Å². The Kier molecular flexibility index (Phi) is 2.74. The van der Waals surface area contributed by atoms with E-state index in [-0.39, 0.29) is 0 Å². The van der Waals surface area contributed by atoms with Gasteiger partial charge in [-0.25, -0.2) is 0 Å². The number of alkyl halides is 3. The van der Waals surface area contributed by atoms with Crippen molar-refractivity contribution in [2.24, 2.45) is 0 Å². The first kappa shape index (κ1) is 8.53. The summed E-state index contributed by atoms with van der Waals surface area (Å²) >= 11 is 0. The molecular formula is C6H9F3. The van der Waals surface area contributed by atoms with Crippen LogP contribution in [0.3, 0.4) is 0 Å². The fourth-order valence-electron chi connectivity index (χ4n) is 0.418. The van der Waals surface area contributed by atoms with Crippen LogP contribution >= 0.6 is 0 Å². The molecule has 0 nitrogen and oxygen atoms in total. The van der Waals surface area contributed by atoms with E-state index in [1.165, 1.54) is 13.0 Å². The minimum absolute atomic E-state index is 0.363. The SMILES string of the molecule is CC=C(C)CC(F)(F)F.